The van der Waals surface area contributed by atoms with Gasteiger partial charge in [-0.25, -0.2) is 0 Å². The summed E-state index contributed by atoms with van der Waals surface area (Å²) >= 11 is 1.71. The molecule has 1 N–H and O–H groups in total. The molecule has 23 heavy (non-hydrogen) atoms. The van der Waals surface area contributed by atoms with E-state index in [0.717, 1.165) is 22.9 Å². The number of benzene rings is 2. The predicted molar refractivity (Wildman–Crippen MR) is 93.3 cm³/mol. The maximum Gasteiger partial charge on any atom is 0.248 e. The Morgan fingerprint density at radius 2 is 2.04 bits per heavy atom. The van der Waals surface area contributed by atoms with Crippen LogP contribution in [-0.2, 0) is 9.59 Å². The largest absolute Gasteiger partial charge is 0.324 e. The number of anilines is 1. The normalized spacial score (nSPS) is 26.6. The Bertz CT molecular complexity index is 806. The van der Waals surface area contributed by atoms with Crippen LogP contribution in [0.4, 0.5) is 5.69 Å². The van der Waals surface area contributed by atoms with E-state index in [0.29, 0.717) is 12.2 Å². The van der Waals surface area contributed by atoms with Crippen LogP contribution >= 0.6 is 11.8 Å². The fraction of sp³-hybridized carbons (Fsp3) is 0.333. The average molecular weight is 326 g/mol. The first-order valence-corrected chi connectivity index (χ1v) is 8.81. The first kappa shape index (κ1) is 14.6. The summed E-state index contributed by atoms with van der Waals surface area (Å²) in [7, 11) is 0. The lowest BCUT2D eigenvalue weighted by Crippen LogP contribution is -2.48. The Morgan fingerprint density at radius 1 is 1.26 bits per heavy atom. The molecule has 0 spiro atoms. The number of hydrogen-bond donors (Lipinski definition) is 1. The SMILES string of the molecule is C[C@]12CCC(=O)N1[C@H](C(=O)Nc1ccc3ccccc3c1)CS2. The van der Waals surface area contributed by atoms with Crippen LogP contribution in [-0.4, -0.2) is 33.4 Å². The Hall–Kier alpha value is -2.01. The third-order valence-electron chi connectivity index (χ3n) is 4.76. The van der Waals surface area contributed by atoms with Gasteiger partial charge in [-0.2, -0.15) is 0 Å². The minimum absolute atomic E-state index is 0.0910. The van der Waals surface area contributed by atoms with Crippen LogP contribution in [0.15, 0.2) is 42.5 Å². The van der Waals surface area contributed by atoms with Gasteiger partial charge in [0.25, 0.3) is 0 Å². The number of fused-ring (bicyclic) bond motifs is 2. The van der Waals surface area contributed by atoms with E-state index < -0.39 is 0 Å². The molecule has 0 bridgehead atoms. The number of rotatable bonds is 2. The number of carbonyl (C=O) groups excluding carboxylic acids is 2. The van der Waals surface area contributed by atoms with Crippen molar-refractivity contribution in [3.05, 3.63) is 42.5 Å². The van der Waals surface area contributed by atoms with Gasteiger partial charge in [0.1, 0.15) is 6.04 Å². The number of carbonyl (C=O) groups is 2. The number of nitrogens with zero attached hydrogens (tertiary/aromatic N) is 1. The van der Waals surface area contributed by atoms with Crippen LogP contribution in [0.5, 0.6) is 0 Å². The van der Waals surface area contributed by atoms with Crippen molar-refractivity contribution in [2.75, 3.05) is 11.1 Å². The van der Waals surface area contributed by atoms with Gasteiger partial charge < -0.3 is 10.2 Å². The first-order valence-electron chi connectivity index (χ1n) is 7.83. The van der Waals surface area contributed by atoms with Crippen LogP contribution in [0.1, 0.15) is 19.8 Å². The third kappa shape index (κ3) is 2.39. The topological polar surface area (TPSA) is 49.4 Å². The fourth-order valence-corrected chi connectivity index (χ4v) is 4.94. The van der Waals surface area contributed by atoms with Crippen molar-refractivity contribution in [3.63, 3.8) is 0 Å². The zero-order valence-corrected chi connectivity index (χ0v) is 13.7. The highest BCUT2D eigenvalue weighted by atomic mass is 32.2. The molecule has 0 aliphatic carbocycles. The summed E-state index contributed by atoms with van der Waals surface area (Å²) < 4.78 is 0. The molecule has 2 atom stereocenters. The van der Waals surface area contributed by atoms with E-state index in [9.17, 15) is 9.59 Å². The summed E-state index contributed by atoms with van der Waals surface area (Å²) in [6.45, 7) is 2.06. The summed E-state index contributed by atoms with van der Waals surface area (Å²) in [6, 6.07) is 13.6. The zero-order chi connectivity index (χ0) is 16.0. The van der Waals surface area contributed by atoms with Crippen LogP contribution < -0.4 is 5.32 Å². The molecule has 2 saturated heterocycles. The lowest BCUT2D eigenvalue weighted by atomic mass is 10.1. The van der Waals surface area contributed by atoms with E-state index in [1.807, 2.05) is 42.5 Å². The highest BCUT2D eigenvalue weighted by Crippen LogP contribution is 2.47. The van der Waals surface area contributed by atoms with Gasteiger partial charge in [-0.1, -0.05) is 30.3 Å². The van der Waals surface area contributed by atoms with Gasteiger partial charge in [0, 0.05) is 17.9 Å². The molecule has 2 aromatic carbocycles. The summed E-state index contributed by atoms with van der Waals surface area (Å²) in [5, 5.41) is 5.21. The molecule has 2 heterocycles. The fourth-order valence-electron chi connectivity index (χ4n) is 3.51. The molecule has 5 heteroatoms. The molecule has 0 radical (unpaired) electrons. The highest BCUT2D eigenvalue weighted by Gasteiger charge is 2.52. The molecule has 0 saturated carbocycles. The number of nitrogens with one attached hydrogen (secondary N) is 1. The molecule has 0 unspecified atom stereocenters. The zero-order valence-electron chi connectivity index (χ0n) is 12.9. The molecule has 2 amide bonds. The molecule has 2 aliphatic heterocycles. The maximum absolute atomic E-state index is 12.7. The third-order valence-corrected chi connectivity index (χ3v) is 6.27. The van der Waals surface area contributed by atoms with Crippen LogP contribution in [0.3, 0.4) is 0 Å². The van der Waals surface area contributed by atoms with Crippen LogP contribution in [0.25, 0.3) is 10.8 Å². The van der Waals surface area contributed by atoms with E-state index >= 15 is 0 Å². The van der Waals surface area contributed by atoms with Crippen molar-refractivity contribution in [2.24, 2.45) is 0 Å². The lowest BCUT2D eigenvalue weighted by molar-refractivity contribution is -0.135. The molecule has 2 aromatic rings. The number of hydrogen-bond acceptors (Lipinski definition) is 3. The van der Waals surface area contributed by atoms with E-state index in [2.05, 4.69) is 12.2 Å². The van der Waals surface area contributed by atoms with E-state index in [1.54, 1.807) is 16.7 Å². The average Bonchev–Trinajstić information content (AvgIpc) is 3.04. The second-order valence-corrected chi connectivity index (χ2v) is 7.82. The van der Waals surface area contributed by atoms with Crippen molar-refractivity contribution in [1.29, 1.82) is 0 Å². The highest BCUT2D eigenvalue weighted by molar-refractivity contribution is 8.01. The Morgan fingerprint density at radius 3 is 2.87 bits per heavy atom. The van der Waals surface area contributed by atoms with Crippen molar-refractivity contribution < 1.29 is 9.59 Å². The van der Waals surface area contributed by atoms with Crippen molar-refractivity contribution in [3.8, 4) is 0 Å². The van der Waals surface area contributed by atoms with Crippen molar-refractivity contribution in [2.45, 2.75) is 30.7 Å². The van der Waals surface area contributed by atoms with Gasteiger partial charge in [0.2, 0.25) is 11.8 Å². The monoisotopic (exact) mass is 326 g/mol. The number of amides is 2. The van der Waals surface area contributed by atoms with Gasteiger partial charge in [0.15, 0.2) is 0 Å². The molecular weight excluding hydrogens is 308 g/mol. The van der Waals surface area contributed by atoms with E-state index in [4.69, 9.17) is 0 Å². The van der Waals surface area contributed by atoms with E-state index in [-0.39, 0.29) is 22.7 Å². The van der Waals surface area contributed by atoms with Crippen molar-refractivity contribution in [1.82, 2.24) is 4.90 Å². The molecule has 2 fully saturated rings. The summed E-state index contributed by atoms with van der Waals surface area (Å²) in [5.41, 5.74) is 0.777. The van der Waals surface area contributed by atoms with Crippen LogP contribution in [0, 0.1) is 0 Å². The van der Waals surface area contributed by atoms with Gasteiger partial charge in [-0.3, -0.25) is 9.59 Å². The molecule has 118 valence electrons. The van der Waals surface area contributed by atoms with Gasteiger partial charge >= 0.3 is 0 Å². The second-order valence-electron chi connectivity index (χ2n) is 6.32. The van der Waals surface area contributed by atoms with Gasteiger partial charge in [-0.05, 0) is 36.2 Å². The molecule has 4 nitrogen and oxygen atoms in total. The van der Waals surface area contributed by atoms with Gasteiger partial charge in [-0.15, -0.1) is 11.8 Å². The minimum Gasteiger partial charge on any atom is -0.324 e. The molecule has 2 aliphatic rings. The standard InChI is InChI=1S/C18H18N2O2S/c1-18-9-8-16(21)20(18)15(11-23-18)17(22)19-14-7-6-12-4-2-3-5-13(12)10-14/h2-7,10,15H,8-9,11H2,1H3,(H,19,22)/t15-,18-/m0/s1. The van der Waals surface area contributed by atoms with E-state index in [1.165, 1.54) is 0 Å². The smallest absolute Gasteiger partial charge is 0.248 e. The van der Waals surface area contributed by atoms with Crippen LogP contribution in [0.2, 0.25) is 0 Å². The van der Waals surface area contributed by atoms with Gasteiger partial charge in [0.05, 0.1) is 4.87 Å². The predicted octanol–water partition coefficient (Wildman–Crippen LogP) is 3.23. The summed E-state index contributed by atoms with van der Waals surface area (Å²) in [6.07, 6.45) is 1.37. The number of thioether (sulfide) groups is 1. The summed E-state index contributed by atoms with van der Waals surface area (Å²) in [4.78, 5) is 26.4. The summed E-state index contributed by atoms with van der Waals surface area (Å²) in [5.74, 6) is 0.671. The first-order chi connectivity index (χ1) is 11.1. The quantitative estimate of drug-likeness (QED) is 0.922. The second kappa shape index (κ2) is 5.27. The molecule has 4 rings (SSSR count). The maximum atomic E-state index is 12.7. The Balaban J connectivity index is 1.56. The Labute approximate surface area is 139 Å². The Kier molecular flexibility index (Phi) is 3.34. The van der Waals surface area contributed by atoms with Crippen molar-refractivity contribution >= 4 is 40.0 Å². The molecular formula is C18H18N2O2S. The lowest BCUT2D eigenvalue weighted by Gasteiger charge is -2.29. The molecule has 0 aromatic heterocycles. The minimum atomic E-state index is -0.369.